The first-order chi connectivity index (χ1) is 10.1. The first-order valence-corrected chi connectivity index (χ1v) is 6.47. The monoisotopic (exact) mass is 287 g/mol. The van der Waals surface area contributed by atoms with Gasteiger partial charge in [0.15, 0.2) is 11.6 Å². The lowest BCUT2D eigenvalue weighted by molar-refractivity contribution is -0.385. The van der Waals surface area contributed by atoms with Gasteiger partial charge >= 0.3 is 0 Å². The van der Waals surface area contributed by atoms with Crippen molar-refractivity contribution in [2.45, 2.75) is 20.0 Å². The van der Waals surface area contributed by atoms with Crippen LogP contribution in [0.5, 0.6) is 0 Å². The number of anilines is 1. The van der Waals surface area contributed by atoms with Gasteiger partial charge in [0.05, 0.1) is 17.0 Å². The molecule has 0 bridgehead atoms. The molecule has 0 amide bonds. The number of nitrogens with zero attached hydrogens (tertiary/aromatic N) is 5. The van der Waals surface area contributed by atoms with Gasteiger partial charge in [0.25, 0.3) is 5.69 Å². The summed E-state index contributed by atoms with van der Waals surface area (Å²) in [6, 6.07) is 4.69. The highest BCUT2D eigenvalue weighted by Gasteiger charge is 2.22. The van der Waals surface area contributed by atoms with Crippen LogP contribution in [-0.4, -0.2) is 32.0 Å². The van der Waals surface area contributed by atoms with Gasteiger partial charge in [0, 0.05) is 24.8 Å². The van der Waals surface area contributed by atoms with E-state index in [1.807, 2.05) is 9.47 Å². The van der Waals surface area contributed by atoms with E-state index < -0.39 is 4.92 Å². The van der Waals surface area contributed by atoms with Crippen LogP contribution in [0, 0.1) is 10.1 Å². The molecule has 0 saturated heterocycles. The number of carbonyl (C=O) groups excluding carboxylic acids is 1. The Morgan fingerprint density at radius 2 is 2.19 bits per heavy atom. The fourth-order valence-corrected chi connectivity index (χ4v) is 2.45. The summed E-state index contributed by atoms with van der Waals surface area (Å²) in [6.07, 6.45) is 1.67. The Hall–Kier alpha value is -2.77. The summed E-state index contributed by atoms with van der Waals surface area (Å²) < 4.78 is 1.95. The zero-order valence-electron chi connectivity index (χ0n) is 11.4. The first-order valence-electron chi connectivity index (χ1n) is 6.47. The third kappa shape index (κ3) is 2.35. The number of aromatic nitrogens is 3. The van der Waals surface area contributed by atoms with Gasteiger partial charge in [-0.3, -0.25) is 14.9 Å². The number of fused-ring (bicyclic) bond motifs is 1. The third-order valence-electron chi connectivity index (χ3n) is 3.56. The van der Waals surface area contributed by atoms with Crippen molar-refractivity contribution in [1.29, 1.82) is 0 Å². The zero-order chi connectivity index (χ0) is 15.0. The molecule has 0 atom stereocenters. The molecule has 3 rings (SSSR count). The Labute approximate surface area is 120 Å². The van der Waals surface area contributed by atoms with Crippen molar-refractivity contribution in [3.05, 3.63) is 46.0 Å². The van der Waals surface area contributed by atoms with Gasteiger partial charge in [-0.25, -0.2) is 0 Å². The highest BCUT2D eigenvalue weighted by Crippen LogP contribution is 2.28. The molecule has 8 heteroatoms. The Balaban J connectivity index is 1.95. The van der Waals surface area contributed by atoms with Gasteiger partial charge in [0.2, 0.25) is 0 Å². The molecule has 0 radical (unpaired) electrons. The van der Waals surface area contributed by atoms with Gasteiger partial charge < -0.3 is 9.47 Å². The normalized spacial score (nSPS) is 13.9. The summed E-state index contributed by atoms with van der Waals surface area (Å²) in [6.45, 7) is 3.30. The van der Waals surface area contributed by atoms with Crippen LogP contribution in [0.25, 0.3) is 0 Å². The Kier molecular flexibility index (Phi) is 3.13. The van der Waals surface area contributed by atoms with E-state index >= 15 is 0 Å². The van der Waals surface area contributed by atoms with Crippen molar-refractivity contribution in [3.63, 3.8) is 0 Å². The predicted octanol–water partition coefficient (Wildman–Crippen LogP) is 1.41. The summed E-state index contributed by atoms with van der Waals surface area (Å²) in [7, 11) is 0. The van der Waals surface area contributed by atoms with E-state index in [0.717, 1.165) is 12.4 Å². The maximum atomic E-state index is 11.4. The van der Waals surface area contributed by atoms with Crippen LogP contribution < -0.4 is 4.90 Å². The van der Waals surface area contributed by atoms with Gasteiger partial charge in [-0.05, 0) is 19.1 Å². The molecule has 0 N–H and O–H groups in total. The number of Topliss-reactive ketones (excluding diaryl/α,β-unsaturated/α-hetero) is 1. The van der Waals surface area contributed by atoms with E-state index in [9.17, 15) is 14.9 Å². The van der Waals surface area contributed by atoms with E-state index in [1.54, 1.807) is 12.4 Å². The fourth-order valence-electron chi connectivity index (χ4n) is 2.45. The van der Waals surface area contributed by atoms with Crippen molar-refractivity contribution in [3.8, 4) is 0 Å². The zero-order valence-corrected chi connectivity index (χ0v) is 11.4. The minimum absolute atomic E-state index is 0.129. The summed E-state index contributed by atoms with van der Waals surface area (Å²) in [5, 5.41) is 19.0. The van der Waals surface area contributed by atoms with E-state index in [-0.39, 0.29) is 17.0 Å². The lowest BCUT2D eigenvalue weighted by atomic mass is 10.1. The average molecular weight is 287 g/mol. The van der Waals surface area contributed by atoms with Crippen molar-refractivity contribution >= 4 is 17.2 Å². The summed E-state index contributed by atoms with van der Waals surface area (Å²) in [4.78, 5) is 24.0. The lowest BCUT2D eigenvalue weighted by Gasteiger charge is -2.28. The molecule has 1 aliphatic rings. The van der Waals surface area contributed by atoms with Gasteiger partial charge in [0.1, 0.15) is 6.33 Å². The maximum absolute atomic E-state index is 11.4. The molecular weight excluding hydrogens is 274 g/mol. The second kappa shape index (κ2) is 4.97. The molecule has 2 heterocycles. The second-order valence-corrected chi connectivity index (χ2v) is 4.88. The molecule has 108 valence electrons. The van der Waals surface area contributed by atoms with Crippen LogP contribution in [0.1, 0.15) is 23.1 Å². The molecule has 1 aromatic heterocycles. The standard InChI is InChI=1S/C13H13N5O3/c1-9(19)11-3-2-10(6-12(11)18(20)21)16-4-5-17-8-14-15-13(17)7-16/h2-3,6,8H,4-5,7H2,1H3. The molecule has 1 aliphatic heterocycles. The number of rotatable bonds is 3. The van der Waals surface area contributed by atoms with Crippen LogP contribution in [0.3, 0.4) is 0 Å². The van der Waals surface area contributed by atoms with Crippen molar-refractivity contribution < 1.29 is 9.72 Å². The van der Waals surface area contributed by atoms with E-state index in [4.69, 9.17) is 0 Å². The fraction of sp³-hybridized carbons (Fsp3) is 0.308. The topological polar surface area (TPSA) is 94.2 Å². The highest BCUT2D eigenvalue weighted by atomic mass is 16.6. The molecule has 0 aliphatic carbocycles. The van der Waals surface area contributed by atoms with Crippen LogP contribution in [0.15, 0.2) is 24.5 Å². The van der Waals surface area contributed by atoms with Gasteiger partial charge in [-0.15, -0.1) is 10.2 Å². The van der Waals surface area contributed by atoms with Crippen molar-refractivity contribution in [1.82, 2.24) is 14.8 Å². The predicted molar refractivity (Wildman–Crippen MR) is 74.2 cm³/mol. The molecular formula is C13H13N5O3. The van der Waals surface area contributed by atoms with E-state index in [1.165, 1.54) is 19.1 Å². The van der Waals surface area contributed by atoms with Gasteiger partial charge in [-0.1, -0.05) is 0 Å². The van der Waals surface area contributed by atoms with Crippen LogP contribution in [0.2, 0.25) is 0 Å². The SMILES string of the molecule is CC(=O)c1ccc(N2CCn3cnnc3C2)cc1[N+](=O)[O-]. The van der Waals surface area contributed by atoms with E-state index in [2.05, 4.69) is 10.2 Å². The molecule has 21 heavy (non-hydrogen) atoms. The largest absolute Gasteiger partial charge is 0.362 e. The molecule has 0 unspecified atom stereocenters. The molecule has 8 nitrogen and oxygen atoms in total. The number of hydrogen-bond acceptors (Lipinski definition) is 6. The first kappa shape index (κ1) is 13.2. The number of nitro groups is 1. The Morgan fingerprint density at radius 1 is 1.38 bits per heavy atom. The van der Waals surface area contributed by atoms with Crippen LogP contribution in [0.4, 0.5) is 11.4 Å². The number of hydrogen-bond donors (Lipinski definition) is 0. The molecule has 2 aromatic rings. The van der Waals surface area contributed by atoms with Crippen molar-refractivity contribution in [2.24, 2.45) is 0 Å². The molecule has 0 spiro atoms. The second-order valence-electron chi connectivity index (χ2n) is 4.88. The average Bonchev–Trinajstić information content (AvgIpc) is 2.93. The summed E-state index contributed by atoms with van der Waals surface area (Å²) in [5.74, 6) is 0.506. The molecule has 1 aromatic carbocycles. The van der Waals surface area contributed by atoms with Crippen LogP contribution in [-0.2, 0) is 13.1 Å². The minimum atomic E-state index is -0.521. The molecule has 0 fully saturated rings. The number of nitro benzene ring substituents is 1. The number of ketones is 1. The van der Waals surface area contributed by atoms with E-state index in [0.29, 0.717) is 18.8 Å². The molecule has 0 saturated carbocycles. The number of benzene rings is 1. The highest BCUT2D eigenvalue weighted by molar-refractivity contribution is 5.98. The maximum Gasteiger partial charge on any atom is 0.282 e. The quantitative estimate of drug-likeness (QED) is 0.481. The summed E-state index contributed by atoms with van der Waals surface area (Å²) in [5.41, 5.74) is 0.678. The minimum Gasteiger partial charge on any atom is -0.362 e. The van der Waals surface area contributed by atoms with Gasteiger partial charge in [-0.2, -0.15) is 0 Å². The lowest BCUT2D eigenvalue weighted by Crippen LogP contribution is -2.33. The van der Waals surface area contributed by atoms with Crippen LogP contribution >= 0.6 is 0 Å². The summed E-state index contributed by atoms with van der Waals surface area (Å²) >= 11 is 0. The smallest absolute Gasteiger partial charge is 0.282 e. The third-order valence-corrected chi connectivity index (χ3v) is 3.56. The van der Waals surface area contributed by atoms with Crippen molar-refractivity contribution in [2.75, 3.05) is 11.4 Å². The number of carbonyl (C=O) groups is 1. The Morgan fingerprint density at radius 3 is 2.90 bits per heavy atom. The Bertz CT molecular complexity index is 724.